The van der Waals surface area contributed by atoms with E-state index in [4.69, 9.17) is 0 Å². The number of hydrogen-bond acceptors (Lipinski definition) is 4. The fourth-order valence-corrected chi connectivity index (χ4v) is 2.53. The summed E-state index contributed by atoms with van der Waals surface area (Å²) in [6.45, 7) is 4.52. The van der Waals surface area contributed by atoms with E-state index in [-0.39, 0.29) is 5.91 Å². The Bertz CT molecular complexity index is 294. The number of hydrogen-bond donors (Lipinski definition) is 2. The molecule has 2 aliphatic rings. The molecular weight excluding hydrogens is 219 g/mol. The molecule has 1 amide bonds. The van der Waals surface area contributed by atoms with Crippen molar-refractivity contribution >= 4 is 13.0 Å². The molecule has 96 valence electrons. The lowest BCUT2D eigenvalue weighted by Crippen LogP contribution is -2.54. The molecule has 1 aliphatic carbocycles. The summed E-state index contributed by atoms with van der Waals surface area (Å²) in [5.41, 5.74) is -1.08. The number of carbonyl (C=O) groups excluding carboxylic acids is 1. The molecule has 1 saturated heterocycles. The van der Waals surface area contributed by atoms with Crippen LogP contribution < -0.4 is 0 Å². The number of aliphatic hydroxyl groups is 1. The van der Waals surface area contributed by atoms with Gasteiger partial charge in [-0.05, 0) is 39.1 Å². The van der Waals surface area contributed by atoms with Crippen molar-refractivity contribution in [3.63, 3.8) is 0 Å². The van der Waals surface area contributed by atoms with Gasteiger partial charge < -0.3 is 19.8 Å². The molecule has 0 aromatic carbocycles. The first kappa shape index (κ1) is 12.9. The molecule has 5 nitrogen and oxygen atoms in total. The number of rotatable bonds is 2. The van der Waals surface area contributed by atoms with Gasteiger partial charge in [0.05, 0.1) is 0 Å². The number of carbonyl (C=O) groups is 1. The van der Waals surface area contributed by atoms with Gasteiger partial charge >= 0.3 is 7.05 Å². The van der Waals surface area contributed by atoms with Gasteiger partial charge in [0.15, 0.2) is 0 Å². The van der Waals surface area contributed by atoms with Crippen LogP contribution in [-0.2, 0) is 4.79 Å². The Labute approximate surface area is 103 Å². The third kappa shape index (κ3) is 2.64. The summed E-state index contributed by atoms with van der Waals surface area (Å²) in [7, 11) is -0.461. The first-order valence-corrected chi connectivity index (χ1v) is 6.47. The van der Waals surface area contributed by atoms with Gasteiger partial charge in [-0.1, -0.05) is 0 Å². The van der Waals surface area contributed by atoms with Crippen LogP contribution in [0.15, 0.2) is 0 Å². The van der Waals surface area contributed by atoms with Crippen LogP contribution in [0.3, 0.4) is 0 Å². The van der Waals surface area contributed by atoms with Gasteiger partial charge in [-0.25, -0.2) is 0 Å². The van der Waals surface area contributed by atoms with Crippen molar-refractivity contribution in [2.75, 3.05) is 26.2 Å². The summed E-state index contributed by atoms with van der Waals surface area (Å²) >= 11 is 0. The van der Waals surface area contributed by atoms with Crippen LogP contribution >= 0.6 is 0 Å². The summed E-state index contributed by atoms with van der Waals surface area (Å²) in [5, 5.41) is 19.6. The number of amides is 1. The fraction of sp³-hybridized carbons (Fsp3) is 0.909. The lowest BCUT2D eigenvalue weighted by Gasteiger charge is -2.38. The minimum Gasteiger partial charge on any atom is -0.437 e. The molecule has 0 aromatic heterocycles. The normalized spacial score (nSPS) is 25.0. The second-order valence-corrected chi connectivity index (χ2v) is 5.20. The molecule has 0 aromatic rings. The van der Waals surface area contributed by atoms with E-state index < -0.39 is 12.7 Å². The van der Waals surface area contributed by atoms with Crippen molar-refractivity contribution in [2.45, 2.75) is 38.1 Å². The first-order valence-electron chi connectivity index (χ1n) is 6.47. The van der Waals surface area contributed by atoms with E-state index in [0.29, 0.717) is 32.5 Å². The molecule has 1 heterocycles. The molecule has 1 aliphatic heterocycles. The molecule has 0 bridgehead atoms. The van der Waals surface area contributed by atoms with Crippen LogP contribution in [0.1, 0.15) is 25.7 Å². The Morgan fingerprint density at radius 2 is 1.88 bits per heavy atom. The Morgan fingerprint density at radius 1 is 1.18 bits per heavy atom. The van der Waals surface area contributed by atoms with Crippen molar-refractivity contribution in [2.24, 2.45) is 0 Å². The van der Waals surface area contributed by atoms with Gasteiger partial charge in [0, 0.05) is 19.6 Å². The Balaban J connectivity index is 1.92. The molecule has 2 N–H and O–H groups in total. The molecule has 0 atom stereocenters. The van der Waals surface area contributed by atoms with E-state index in [1.54, 1.807) is 11.7 Å². The Kier molecular flexibility index (Phi) is 3.75. The van der Waals surface area contributed by atoms with Crippen LogP contribution in [0.5, 0.6) is 0 Å². The maximum atomic E-state index is 12.1. The zero-order valence-corrected chi connectivity index (χ0v) is 10.4. The molecular formula is C11H21BN2O3. The van der Waals surface area contributed by atoms with Crippen molar-refractivity contribution < 1.29 is 14.9 Å². The highest BCUT2D eigenvalue weighted by Gasteiger charge is 2.44. The van der Waals surface area contributed by atoms with Crippen LogP contribution in [0.25, 0.3) is 0 Å². The highest BCUT2D eigenvalue weighted by Crippen LogP contribution is 2.33. The predicted octanol–water partition coefficient (Wildman–Crippen LogP) is -0.454. The molecule has 17 heavy (non-hydrogen) atoms. The summed E-state index contributed by atoms with van der Waals surface area (Å²) in [6, 6.07) is 0. The van der Waals surface area contributed by atoms with E-state index >= 15 is 0 Å². The smallest absolute Gasteiger partial charge is 0.376 e. The molecule has 2 rings (SSSR count). The minimum atomic E-state index is -1.08. The minimum absolute atomic E-state index is 0.115. The molecule has 0 unspecified atom stereocenters. The lowest BCUT2D eigenvalue weighted by atomic mass is 9.79. The quantitative estimate of drug-likeness (QED) is 0.641. The van der Waals surface area contributed by atoms with E-state index in [0.717, 1.165) is 19.4 Å². The van der Waals surface area contributed by atoms with Crippen molar-refractivity contribution in [3.05, 3.63) is 0 Å². The van der Waals surface area contributed by atoms with Crippen LogP contribution in [-0.4, -0.2) is 64.6 Å². The van der Waals surface area contributed by atoms with Crippen molar-refractivity contribution in [1.82, 2.24) is 9.71 Å². The molecule has 2 fully saturated rings. The molecule has 1 saturated carbocycles. The average molecular weight is 240 g/mol. The molecule has 0 radical (unpaired) electrons. The highest BCUT2D eigenvalue weighted by atomic mass is 16.3. The Hall–Kier alpha value is -0.585. The third-order valence-electron chi connectivity index (χ3n) is 3.92. The maximum Gasteiger partial charge on any atom is 0.376 e. The summed E-state index contributed by atoms with van der Waals surface area (Å²) < 4.78 is 0. The second-order valence-electron chi connectivity index (χ2n) is 5.20. The summed E-state index contributed by atoms with van der Waals surface area (Å²) in [4.78, 5) is 15.8. The topological polar surface area (TPSA) is 64.0 Å². The first-order chi connectivity index (χ1) is 8.03. The highest BCUT2D eigenvalue weighted by molar-refractivity contribution is 6.45. The van der Waals surface area contributed by atoms with Gasteiger partial charge in [-0.15, -0.1) is 0 Å². The summed E-state index contributed by atoms with van der Waals surface area (Å²) in [5.74, 6) is -0.115. The van der Waals surface area contributed by atoms with Crippen LogP contribution in [0.4, 0.5) is 0 Å². The standard InChI is InChI=1S/C11H21BN2O3/c1-12(17)14-7-3-6-13(8-9-14)10(15)11(16)4-2-5-11/h16-17H,2-9H2,1H3. The van der Waals surface area contributed by atoms with E-state index in [1.165, 1.54) is 0 Å². The second kappa shape index (κ2) is 4.96. The molecule has 6 heteroatoms. The zero-order valence-electron chi connectivity index (χ0n) is 10.4. The largest absolute Gasteiger partial charge is 0.437 e. The van der Waals surface area contributed by atoms with Crippen LogP contribution in [0, 0.1) is 0 Å². The molecule has 0 spiro atoms. The summed E-state index contributed by atoms with van der Waals surface area (Å²) in [6.07, 6.45) is 2.99. The average Bonchev–Trinajstić information content (AvgIpc) is 2.50. The van der Waals surface area contributed by atoms with E-state index in [9.17, 15) is 14.9 Å². The van der Waals surface area contributed by atoms with Crippen molar-refractivity contribution in [1.29, 1.82) is 0 Å². The van der Waals surface area contributed by atoms with Gasteiger partial charge in [-0.2, -0.15) is 0 Å². The van der Waals surface area contributed by atoms with E-state index in [1.807, 2.05) is 4.81 Å². The monoisotopic (exact) mass is 240 g/mol. The van der Waals surface area contributed by atoms with Gasteiger partial charge in [0.2, 0.25) is 0 Å². The SMILES string of the molecule is CB(O)N1CCCN(C(=O)C2(O)CCC2)CC1. The number of nitrogens with zero attached hydrogens (tertiary/aromatic N) is 2. The lowest BCUT2D eigenvalue weighted by molar-refractivity contribution is -0.160. The predicted molar refractivity (Wildman–Crippen MR) is 65.4 cm³/mol. The third-order valence-corrected chi connectivity index (χ3v) is 3.92. The Morgan fingerprint density at radius 3 is 2.41 bits per heavy atom. The van der Waals surface area contributed by atoms with Gasteiger partial charge in [-0.3, -0.25) is 4.79 Å². The van der Waals surface area contributed by atoms with Gasteiger partial charge in [0.1, 0.15) is 5.60 Å². The van der Waals surface area contributed by atoms with Crippen molar-refractivity contribution in [3.8, 4) is 0 Å². The zero-order chi connectivity index (χ0) is 12.5. The van der Waals surface area contributed by atoms with Gasteiger partial charge in [0.25, 0.3) is 5.91 Å². The fourth-order valence-electron chi connectivity index (χ4n) is 2.53. The van der Waals surface area contributed by atoms with Crippen LogP contribution in [0.2, 0.25) is 6.82 Å². The van der Waals surface area contributed by atoms with E-state index in [2.05, 4.69) is 0 Å². The maximum absolute atomic E-state index is 12.1.